The Balaban J connectivity index is 1.60. The number of hydrogen-bond donors (Lipinski definition) is 3. The lowest BCUT2D eigenvalue weighted by molar-refractivity contribution is -0.137. The summed E-state index contributed by atoms with van der Waals surface area (Å²) in [7, 11) is -2.36. The highest BCUT2D eigenvalue weighted by molar-refractivity contribution is 7.92. The summed E-state index contributed by atoms with van der Waals surface area (Å²) in [6, 6.07) is 5.00. The lowest BCUT2D eigenvalue weighted by Crippen LogP contribution is -2.27. The molecule has 3 heterocycles. The molecule has 0 unspecified atom stereocenters. The number of benzene rings is 1. The molecule has 1 aromatic carbocycles. The number of carbonyl (C=O) groups excluding carboxylic acids is 1. The zero-order valence-electron chi connectivity index (χ0n) is 19.3. The van der Waals surface area contributed by atoms with Crippen LogP contribution in [0.25, 0.3) is 0 Å². The first kappa shape index (κ1) is 25.1. The first-order valence-electron chi connectivity index (χ1n) is 10.5. The summed E-state index contributed by atoms with van der Waals surface area (Å²) in [4.78, 5) is 27.5. The van der Waals surface area contributed by atoms with Crippen molar-refractivity contribution < 1.29 is 26.4 Å². The van der Waals surface area contributed by atoms with Crippen LogP contribution in [0.4, 0.5) is 42.3 Å². The summed E-state index contributed by atoms with van der Waals surface area (Å²) in [6.07, 6.45) is -1.52. The maximum Gasteiger partial charge on any atom is 0.421 e. The molecule has 0 saturated heterocycles. The normalized spacial score (nSPS) is 13.2. The molecular formula is C21H21F3N8O3S. The van der Waals surface area contributed by atoms with Crippen LogP contribution in [0.15, 0.2) is 30.6 Å². The third-order valence-electron chi connectivity index (χ3n) is 5.35. The van der Waals surface area contributed by atoms with E-state index in [0.717, 1.165) is 16.1 Å². The van der Waals surface area contributed by atoms with Crippen molar-refractivity contribution in [3.05, 3.63) is 53.0 Å². The summed E-state index contributed by atoms with van der Waals surface area (Å²) in [5.41, 5.74) is 1.64. The fourth-order valence-corrected chi connectivity index (χ4v) is 3.72. The molecule has 3 aromatic rings. The number of halogens is 3. The van der Waals surface area contributed by atoms with Gasteiger partial charge >= 0.3 is 6.18 Å². The van der Waals surface area contributed by atoms with E-state index in [4.69, 9.17) is 0 Å². The van der Waals surface area contributed by atoms with Crippen LogP contribution in [0.3, 0.4) is 0 Å². The van der Waals surface area contributed by atoms with Crippen LogP contribution >= 0.6 is 0 Å². The van der Waals surface area contributed by atoms with Gasteiger partial charge in [0.1, 0.15) is 11.4 Å². The number of anilines is 5. The summed E-state index contributed by atoms with van der Waals surface area (Å²) in [5, 5.41) is 8.18. The van der Waals surface area contributed by atoms with Crippen molar-refractivity contribution in [2.75, 3.05) is 33.6 Å². The quantitative estimate of drug-likeness (QED) is 0.427. The van der Waals surface area contributed by atoms with Gasteiger partial charge in [0.2, 0.25) is 27.8 Å². The molecule has 15 heteroatoms. The molecule has 0 aliphatic carbocycles. The molecule has 4 rings (SSSR count). The number of aryl methyl sites for hydroxylation is 1. The van der Waals surface area contributed by atoms with Gasteiger partial charge in [-0.2, -0.15) is 18.2 Å². The SMILES string of the molecule is Cc1cnc(N(C)S(C)(=O)=O)nc1CNc1nc(Nc2ccc3c(c2)CC(=O)N3)ncc1C(F)(F)F. The molecule has 0 spiro atoms. The number of carbonyl (C=O) groups is 1. The lowest BCUT2D eigenvalue weighted by Gasteiger charge is -2.17. The van der Waals surface area contributed by atoms with Gasteiger partial charge in [0.25, 0.3) is 0 Å². The Hall–Kier alpha value is -4.01. The molecule has 0 fully saturated rings. The van der Waals surface area contributed by atoms with Crippen molar-refractivity contribution >= 4 is 45.0 Å². The molecule has 1 aliphatic rings. The summed E-state index contributed by atoms with van der Waals surface area (Å²) < 4.78 is 65.3. The van der Waals surface area contributed by atoms with Gasteiger partial charge in [-0.15, -0.1) is 0 Å². The van der Waals surface area contributed by atoms with Gasteiger partial charge in [0.05, 0.1) is 24.9 Å². The number of aromatic nitrogens is 4. The molecule has 1 amide bonds. The van der Waals surface area contributed by atoms with E-state index in [0.29, 0.717) is 23.1 Å². The minimum atomic E-state index is -4.73. The van der Waals surface area contributed by atoms with Gasteiger partial charge in [0.15, 0.2) is 0 Å². The minimum absolute atomic E-state index is 0.0976. The second-order valence-corrected chi connectivity index (χ2v) is 10.1. The standard InChI is InChI=1S/C21H21F3N8O3S/c1-11-8-27-20(32(2)36(3,34)35)30-16(11)10-25-18-14(21(22,23)24)9-26-19(31-18)28-13-4-5-15-12(6-13)7-17(33)29-15/h4-6,8-9H,7,10H2,1-3H3,(H,29,33)(H2,25,26,28,31). The van der Waals surface area contributed by atoms with Crippen molar-refractivity contribution in [3.63, 3.8) is 0 Å². The van der Waals surface area contributed by atoms with Crippen LogP contribution in [0, 0.1) is 6.92 Å². The molecule has 0 radical (unpaired) electrons. The van der Waals surface area contributed by atoms with Crippen molar-refractivity contribution in [2.24, 2.45) is 0 Å². The third kappa shape index (κ3) is 5.45. The molecule has 36 heavy (non-hydrogen) atoms. The molecule has 0 saturated carbocycles. The van der Waals surface area contributed by atoms with Crippen molar-refractivity contribution in [1.29, 1.82) is 0 Å². The monoisotopic (exact) mass is 522 g/mol. The van der Waals surface area contributed by atoms with E-state index < -0.39 is 27.6 Å². The Labute approximate surface area is 204 Å². The molecule has 190 valence electrons. The first-order valence-corrected chi connectivity index (χ1v) is 12.3. The average Bonchev–Trinajstić information content (AvgIpc) is 3.16. The maximum absolute atomic E-state index is 13.6. The molecule has 1 aliphatic heterocycles. The van der Waals surface area contributed by atoms with Gasteiger partial charge in [-0.25, -0.2) is 27.7 Å². The smallest absolute Gasteiger partial charge is 0.364 e. The number of fused-ring (bicyclic) bond motifs is 1. The van der Waals surface area contributed by atoms with Crippen molar-refractivity contribution in [1.82, 2.24) is 19.9 Å². The van der Waals surface area contributed by atoms with Crippen molar-refractivity contribution in [3.8, 4) is 0 Å². The highest BCUT2D eigenvalue weighted by Crippen LogP contribution is 2.35. The first-order chi connectivity index (χ1) is 16.8. The van der Waals surface area contributed by atoms with Gasteiger partial charge in [-0.3, -0.25) is 4.79 Å². The van der Waals surface area contributed by atoms with Crippen molar-refractivity contribution in [2.45, 2.75) is 26.1 Å². The fourth-order valence-electron chi connectivity index (χ4n) is 3.33. The van der Waals surface area contributed by atoms with E-state index in [1.807, 2.05) is 0 Å². The molecule has 0 bridgehead atoms. The third-order valence-corrected chi connectivity index (χ3v) is 6.51. The highest BCUT2D eigenvalue weighted by atomic mass is 32.2. The van der Waals surface area contributed by atoms with Crippen LogP contribution < -0.4 is 20.3 Å². The Bertz CT molecular complexity index is 1450. The topological polar surface area (TPSA) is 142 Å². The Morgan fingerprint density at radius 2 is 1.92 bits per heavy atom. The molecule has 11 nitrogen and oxygen atoms in total. The zero-order valence-corrected chi connectivity index (χ0v) is 20.1. The van der Waals surface area contributed by atoms with Crippen LogP contribution in [-0.4, -0.2) is 47.6 Å². The molecular weight excluding hydrogens is 501 g/mol. The van der Waals surface area contributed by atoms with Crippen LogP contribution in [-0.2, 0) is 34.0 Å². The molecule has 3 N–H and O–H groups in total. The minimum Gasteiger partial charge on any atom is -0.364 e. The second kappa shape index (κ2) is 9.22. The highest BCUT2D eigenvalue weighted by Gasteiger charge is 2.35. The Morgan fingerprint density at radius 1 is 1.17 bits per heavy atom. The van der Waals surface area contributed by atoms with Crippen LogP contribution in [0.2, 0.25) is 0 Å². The number of sulfonamides is 1. The fraction of sp³-hybridized carbons (Fsp3) is 0.286. The predicted molar refractivity (Wildman–Crippen MR) is 126 cm³/mol. The van der Waals surface area contributed by atoms with Gasteiger partial charge < -0.3 is 16.0 Å². The number of hydrogen-bond acceptors (Lipinski definition) is 9. The average molecular weight is 523 g/mol. The number of rotatable bonds is 7. The lowest BCUT2D eigenvalue weighted by atomic mass is 10.1. The number of alkyl halides is 3. The number of nitrogens with one attached hydrogen (secondary N) is 3. The largest absolute Gasteiger partial charge is 0.421 e. The van der Waals surface area contributed by atoms with E-state index in [1.54, 1.807) is 25.1 Å². The molecule has 2 aromatic heterocycles. The van der Waals surface area contributed by atoms with E-state index in [9.17, 15) is 26.4 Å². The summed E-state index contributed by atoms with van der Waals surface area (Å²) >= 11 is 0. The van der Waals surface area contributed by atoms with Crippen LogP contribution in [0.5, 0.6) is 0 Å². The Morgan fingerprint density at radius 3 is 2.61 bits per heavy atom. The number of amides is 1. The van der Waals surface area contributed by atoms with Gasteiger partial charge in [0, 0.05) is 30.8 Å². The summed E-state index contributed by atoms with van der Waals surface area (Å²) in [5.74, 6) is -0.857. The van der Waals surface area contributed by atoms with E-state index in [2.05, 4.69) is 35.9 Å². The maximum atomic E-state index is 13.6. The zero-order chi connectivity index (χ0) is 26.3. The summed E-state index contributed by atoms with van der Waals surface area (Å²) in [6.45, 7) is 1.46. The van der Waals surface area contributed by atoms with E-state index in [-0.39, 0.29) is 36.5 Å². The van der Waals surface area contributed by atoms with Gasteiger partial charge in [-0.05, 0) is 36.2 Å². The predicted octanol–water partition coefficient (Wildman–Crippen LogP) is 2.84. The van der Waals surface area contributed by atoms with E-state index in [1.165, 1.54) is 13.2 Å². The second-order valence-electron chi connectivity index (χ2n) is 8.06. The van der Waals surface area contributed by atoms with Gasteiger partial charge in [-0.1, -0.05) is 0 Å². The molecule has 0 atom stereocenters. The number of nitrogens with zero attached hydrogens (tertiary/aromatic N) is 5. The van der Waals surface area contributed by atoms with Crippen LogP contribution in [0.1, 0.15) is 22.4 Å². The van der Waals surface area contributed by atoms with E-state index >= 15 is 0 Å². The Kier molecular flexibility index (Phi) is 6.43.